The molecular formula is C9H18N2O. The van der Waals surface area contributed by atoms with Crippen LogP contribution < -0.4 is 5.32 Å². The molecule has 0 rings (SSSR count). The molecule has 70 valence electrons. The van der Waals surface area contributed by atoms with Crippen LogP contribution in [-0.4, -0.2) is 24.3 Å². The summed E-state index contributed by atoms with van der Waals surface area (Å²) in [6.45, 7) is 4.77. The minimum atomic E-state index is -0.104. The normalized spacial score (nSPS) is 12.9. The van der Waals surface area contributed by atoms with Crippen molar-refractivity contribution in [3.05, 3.63) is 0 Å². The first-order chi connectivity index (χ1) is 5.79. The molecule has 0 aromatic heterocycles. The van der Waals surface area contributed by atoms with Crippen molar-refractivity contribution in [1.82, 2.24) is 5.32 Å². The van der Waals surface area contributed by atoms with Gasteiger partial charge in [0.25, 0.3) is 0 Å². The van der Waals surface area contributed by atoms with Gasteiger partial charge < -0.3 is 5.11 Å². The summed E-state index contributed by atoms with van der Waals surface area (Å²) >= 11 is 0. The summed E-state index contributed by atoms with van der Waals surface area (Å²) in [5, 5.41) is 20.4. The zero-order valence-electron chi connectivity index (χ0n) is 7.88. The average Bonchev–Trinajstić information content (AvgIpc) is 2.12. The van der Waals surface area contributed by atoms with Crippen molar-refractivity contribution in [3.8, 4) is 6.07 Å². The number of aliphatic hydroxyl groups is 1. The maximum atomic E-state index is 8.79. The van der Waals surface area contributed by atoms with Gasteiger partial charge in [-0.2, -0.15) is 5.26 Å². The third-order valence-corrected chi connectivity index (χ3v) is 2.14. The second kappa shape index (κ2) is 7.08. The van der Waals surface area contributed by atoms with E-state index in [4.69, 9.17) is 10.4 Å². The Kier molecular flexibility index (Phi) is 6.73. The molecule has 0 fully saturated rings. The topological polar surface area (TPSA) is 56.0 Å². The number of hydrogen-bond donors (Lipinski definition) is 2. The van der Waals surface area contributed by atoms with Crippen molar-refractivity contribution in [2.24, 2.45) is 5.92 Å². The monoisotopic (exact) mass is 170 g/mol. The fourth-order valence-electron chi connectivity index (χ4n) is 1.30. The molecule has 1 unspecified atom stereocenters. The van der Waals surface area contributed by atoms with Gasteiger partial charge in [-0.3, -0.25) is 5.32 Å². The molecule has 0 amide bonds. The summed E-state index contributed by atoms with van der Waals surface area (Å²) in [6.07, 6.45) is 2.01. The van der Waals surface area contributed by atoms with Gasteiger partial charge in [-0.05, 0) is 5.92 Å². The van der Waals surface area contributed by atoms with E-state index in [1.807, 2.05) is 0 Å². The number of nitriles is 1. The van der Waals surface area contributed by atoms with Crippen molar-refractivity contribution in [2.75, 3.05) is 13.2 Å². The van der Waals surface area contributed by atoms with E-state index < -0.39 is 0 Å². The predicted octanol–water partition coefficient (Wildman–Crippen LogP) is 0.897. The summed E-state index contributed by atoms with van der Waals surface area (Å²) in [5.74, 6) is 0.404. The van der Waals surface area contributed by atoms with Gasteiger partial charge in [-0.25, -0.2) is 0 Å². The molecular weight excluding hydrogens is 152 g/mol. The van der Waals surface area contributed by atoms with Gasteiger partial charge >= 0.3 is 0 Å². The lowest BCUT2D eigenvalue weighted by Crippen LogP contribution is -2.36. The van der Waals surface area contributed by atoms with Gasteiger partial charge in [-0.15, -0.1) is 0 Å². The Labute approximate surface area is 74.4 Å². The minimum absolute atomic E-state index is 0.0956. The molecule has 0 aromatic carbocycles. The zero-order valence-corrected chi connectivity index (χ0v) is 7.88. The Morgan fingerprint density at radius 3 is 2.33 bits per heavy atom. The standard InChI is InChI=1S/C9H18N2O/c1-3-8(4-2)9(7-10)11-5-6-12/h8-9,11-12H,3-6H2,1-2H3. The van der Waals surface area contributed by atoms with Crippen molar-refractivity contribution in [2.45, 2.75) is 32.7 Å². The summed E-state index contributed by atoms with van der Waals surface area (Å²) in [7, 11) is 0. The van der Waals surface area contributed by atoms with Gasteiger partial charge in [0, 0.05) is 6.54 Å². The largest absolute Gasteiger partial charge is 0.395 e. The Morgan fingerprint density at radius 1 is 1.42 bits per heavy atom. The van der Waals surface area contributed by atoms with Crippen LogP contribution in [0, 0.1) is 17.2 Å². The SMILES string of the molecule is CCC(CC)C(C#N)NCCO. The Hall–Kier alpha value is -0.590. The van der Waals surface area contributed by atoms with Gasteiger partial charge in [-0.1, -0.05) is 26.7 Å². The molecule has 0 bridgehead atoms. The molecule has 0 aromatic rings. The maximum Gasteiger partial charge on any atom is 0.0982 e. The second-order valence-electron chi connectivity index (χ2n) is 2.86. The van der Waals surface area contributed by atoms with Crippen molar-refractivity contribution in [3.63, 3.8) is 0 Å². The highest BCUT2D eigenvalue weighted by atomic mass is 16.3. The molecule has 12 heavy (non-hydrogen) atoms. The number of aliphatic hydroxyl groups excluding tert-OH is 1. The van der Waals surface area contributed by atoms with Gasteiger partial charge in [0.1, 0.15) is 0 Å². The first kappa shape index (κ1) is 11.4. The van der Waals surface area contributed by atoms with E-state index in [2.05, 4.69) is 25.2 Å². The molecule has 0 saturated heterocycles. The summed E-state index contributed by atoms with van der Waals surface area (Å²) in [4.78, 5) is 0. The molecule has 0 aliphatic carbocycles. The molecule has 0 radical (unpaired) electrons. The summed E-state index contributed by atoms with van der Waals surface area (Å²) in [5.41, 5.74) is 0. The van der Waals surface area contributed by atoms with Crippen LogP contribution in [0.3, 0.4) is 0 Å². The molecule has 0 heterocycles. The van der Waals surface area contributed by atoms with Crippen LogP contribution in [0.4, 0.5) is 0 Å². The fraction of sp³-hybridized carbons (Fsp3) is 0.889. The van der Waals surface area contributed by atoms with Gasteiger partial charge in [0.05, 0.1) is 18.7 Å². The molecule has 3 nitrogen and oxygen atoms in total. The molecule has 3 heteroatoms. The van der Waals surface area contributed by atoms with E-state index in [0.29, 0.717) is 12.5 Å². The molecule has 0 spiro atoms. The third kappa shape index (κ3) is 3.70. The van der Waals surface area contributed by atoms with E-state index in [9.17, 15) is 0 Å². The highest BCUT2D eigenvalue weighted by Gasteiger charge is 2.16. The lowest BCUT2D eigenvalue weighted by molar-refractivity contribution is 0.276. The van der Waals surface area contributed by atoms with E-state index in [0.717, 1.165) is 12.8 Å². The first-order valence-electron chi connectivity index (χ1n) is 4.53. The third-order valence-electron chi connectivity index (χ3n) is 2.14. The predicted molar refractivity (Wildman–Crippen MR) is 48.6 cm³/mol. The van der Waals surface area contributed by atoms with E-state index in [1.165, 1.54) is 0 Å². The second-order valence-corrected chi connectivity index (χ2v) is 2.86. The molecule has 1 atom stereocenters. The van der Waals surface area contributed by atoms with Crippen molar-refractivity contribution >= 4 is 0 Å². The number of hydrogen-bond acceptors (Lipinski definition) is 3. The number of nitrogens with zero attached hydrogens (tertiary/aromatic N) is 1. The molecule has 0 aliphatic rings. The number of nitrogens with one attached hydrogen (secondary N) is 1. The van der Waals surface area contributed by atoms with Crippen LogP contribution >= 0.6 is 0 Å². The fourth-order valence-corrected chi connectivity index (χ4v) is 1.30. The summed E-state index contributed by atoms with van der Waals surface area (Å²) in [6, 6.07) is 2.11. The van der Waals surface area contributed by atoms with E-state index >= 15 is 0 Å². The first-order valence-corrected chi connectivity index (χ1v) is 4.53. The van der Waals surface area contributed by atoms with Crippen LogP contribution in [0.1, 0.15) is 26.7 Å². The minimum Gasteiger partial charge on any atom is -0.395 e. The Morgan fingerprint density at radius 2 is 2.00 bits per heavy atom. The average molecular weight is 170 g/mol. The molecule has 2 N–H and O–H groups in total. The van der Waals surface area contributed by atoms with Crippen LogP contribution in [0.25, 0.3) is 0 Å². The molecule has 0 saturated carbocycles. The van der Waals surface area contributed by atoms with Gasteiger partial charge in [0.15, 0.2) is 0 Å². The van der Waals surface area contributed by atoms with Crippen LogP contribution in [-0.2, 0) is 0 Å². The highest BCUT2D eigenvalue weighted by molar-refractivity contribution is 4.93. The van der Waals surface area contributed by atoms with Crippen molar-refractivity contribution in [1.29, 1.82) is 5.26 Å². The van der Waals surface area contributed by atoms with Crippen LogP contribution in [0.2, 0.25) is 0 Å². The van der Waals surface area contributed by atoms with E-state index in [-0.39, 0.29) is 12.6 Å². The smallest absolute Gasteiger partial charge is 0.0982 e. The summed E-state index contributed by atoms with van der Waals surface area (Å²) < 4.78 is 0. The molecule has 0 aliphatic heterocycles. The maximum absolute atomic E-state index is 8.79. The van der Waals surface area contributed by atoms with Gasteiger partial charge in [0.2, 0.25) is 0 Å². The lowest BCUT2D eigenvalue weighted by Gasteiger charge is -2.19. The Balaban J connectivity index is 3.86. The van der Waals surface area contributed by atoms with Crippen molar-refractivity contribution < 1.29 is 5.11 Å². The van der Waals surface area contributed by atoms with E-state index in [1.54, 1.807) is 0 Å². The number of rotatable bonds is 6. The Bertz CT molecular complexity index is 138. The zero-order chi connectivity index (χ0) is 9.40. The quantitative estimate of drug-likeness (QED) is 0.622. The lowest BCUT2D eigenvalue weighted by atomic mass is 9.95. The highest BCUT2D eigenvalue weighted by Crippen LogP contribution is 2.11. The van der Waals surface area contributed by atoms with Crippen LogP contribution in [0.5, 0.6) is 0 Å². The van der Waals surface area contributed by atoms with Crippen LogP contribution in [0.15, 0.2) is 0 Å².